The fourth-order valence-corrected chi connectivity index (χ4v) is 10.6. The van der Waals surface area contributed by atoms with Crippen molar-refractivity contribution in [3.05, 3.63) is 160 Å². The van der Waals surface area contributed by atoms with E-state index in [0.29, 0.717) is 0 Å². The van der Waals surface area contributed by atoms with Gasteiger partial charge in [0.15, 0.2) is 0 Å². The van der Waals surface area contributed by atoms with Crippen molar-refractivity contribution in [2.75, 3.05) is 12.3 Å². The summed E-state index contributed by atoms with van der Waals surface area (Å²) in [6.07, 6.45) is 25.7. The minimum Gasteiger partial charge on any atom is -0.343 e. The van der Waals surface area contributed by atoms with E-state index < -0.39 is 0 Å². The second-order valence-electron chi connectivity index (χ2n) is 12.4. The van der Waals surface area contributed by atoms with E-state index in [2.05, 4.69) is 148 Å². The zero-order valence-electron chi connectivity index (χ0n) is 30.8. The van der Waals surface area contributed by atoms with Gasteiger partial charge in [0.25, 0.3) is 0 Å². The van der Waals surface area contributed by atoms with Crippen LogP contribution in [-0.2, 0) is 21.1 Å². The van der Waals surface area contributed by atoms with E-state index in [4.69, 9.17) is 0 Å². The van der Waals surface area contributed by atoms with Gasteiger partial charge in [-0.1, -0.05) is 185 Å². The fourth-order valence-electron chi connectivity index (χ4n) is 5.62. The van der Waals surface area contributed by atoms with Gasteiger partial charge in [-0.25, -0.2) is 0 Å². The first kappa shape index (κ1) is 45.9. The van der Waals surface area contributed by atoms with Gasteiger partial charge in [0.1, 0.15) is 0 Å². The molecule has 0 aliphatic heterocycles. The maximum absolute atomic E-state index is 3.80. The van der Waals surface area contributed by atoms with Gasteiger partial charge < -0.3 is 13.8 Å². The number of unbranched alkanes of at least 4 members (excludes halogenated alkanes) is 12. The van der Waals surface area contributed by atoms with Gasteiger partial charge in [0.05, 0.1) is 0 Å². The third kappa shape index (κ3) is 21.3. The third-order valence-corrected chi connectivity index (χ3v) is 13.6. The Morgan fingerprint density at radius 1 is 0.380 bits per heavy atom. The van der Waals surface area contributed by atoms with E-state index in [1.165, 1.54) is 117 Å². The van der Waals surface area contributed by atoms with Crippen LogP contribution in [0.5, 0.6) is 0 Å². The first-order valence-corrected chi connectivity index (χ1v) is 21.9. The van der Waals surface area contributed by atoms with Crippen LogP contribution in [-0.4, -0.2) is 12.3 Å². The molecule has 0 N–H and O–H groups in total. The molecule has 0 aliphatic rings. The molecule has 0 aliphatic carbocycles. The molecular formula is C47H64P2Pt. The Morgan fingerprint density at radius 3 is 0.900 bits per heavy atom. The normalized spacial score (nSPS) is 10.3. The van der Waals surface area contributed by atoms with Crippen molar-refractivity contribution < 1.29 is 21.1 Å². The largest absolute Gasteiger partial charge is 2.00 e. The summed E-state index contributed by atoms with van der Waals surface area (Å²) >= 11 is 0. The SMILES string of the molecule is C=CCCCCCCC[CH2-].C=CCCCCCCC[CH2-].[Pt+2].c1ccc(P(CCCP(c2ccccc2)c2ccccc2)c2ccccc2)cc1. The molecule has 0 saturated heterocycles. The molecule has 4 aromatic carbocycles. The van der Waals surface area contributed by atoms with Gasteiger partial charge in [-0.3, -0.25) is 0 Å². The average molecular weight is 886 g/mol. The number of hydrogen-bond donors (Lipinski definition) is 0. The molecule has 4 rings (SSSR count). The Hall–Kier alpha value is -2.09. The molecule has 0 spiro atoms. The molecule has 0 unspecified atom stereocenters. The number of allylic oxidation sites excluding steroid dienone is 2. The number of rotatable bonds is 22. The van der Waals surface area contributed by atoms with Crippen LogP contribution in [0.15, 0.2) is 147 Å². The Kier molecular flexibility index (Phi) is 30.1. The van der Waals surface area contributed by atoms with Crippen LogP contribution in [0.3, 0.4) is 0 Å². The van der Waals surface area contributed by atoms with Crippen molar-refractivity contribution in [3.8, 4) is 0 Å². The topological polar surface area (TPSA) is 0 Å². The smallest absolute Gasteiger partial charge is 0.343 e. The minimum atomic E-state index is -0.309. The molecule has 0 amide bonds. The molecule has 0 heterocycles. The molecule has 0 aromatic heterocycles. The average Bonchev–Trinajstić information content (AvgIpc) is 3.16. The van der Waals surface area contributed by atoms with Crippen LogP contribution in [0.2, 0.25) is 0 Å². The zero-order chi connectivity index (χ0) is 35.0. The van der Waals surface area contributed by atoms with Crippen LogP contribution in [0.1, 0.15) is 96.3 Å². The van der Waals surface area contributed by atoms with Crippen molar-refractivity contribution in [2.24, 2.45) is 0 Å². The summed E-state index contributed by atoms with van der Waals surface area (Å²) in [5.74, 6) is 0. The summed E-state index contributed by atoms with van der Waals surface area (Å²) in [6, 6.07) is 44.3. The van der Waals surface area contributed by atoms with Crippen molar-refractivity contribution >= 4 is 37.1 Å². The first-order chi connectivity index (χ1) is 24.2. The van der Waals surface area contributed by atoms with Gasteiger partial charge >= 0.3 is 21.1 Å². The maximum atomic E-state index is 3.80. The summed E-state index contributed by atoms with van der Waals surface area (Å²) in [5, 5.41) is 5.94. The fraction of sp³-hybridized carbons (Fsp3) is 0.362. The summed E-state index contributed by atoms with van der Waals surface area (Å²) in [7, 11) is -0.618. The molecule has 0 fully saturated rings. The van der Waals surface area contributed by atoms with Crippen molar-refractivity contribution in [1.82, 2.24) is 0 Å². The quantitative estimate of drug-likeness (QED) is 0.0319. The molecule has 0 bridgehead atoms. The first-order valence-electron chi connectivity index (χ1n) is 18.8. The zero-order valence-corrected chi connectivity index (χ0v) is 34.8. The van der Waals surface area contributed by atoms with Crippen LogP contribution in [0, 0.1) is 13.8 Å². The van der Waals surface area contributed by atoms with Gasteiger partial charge in [0, 0.05) is 0 Å². The van der Waals surface area contributed by atoms with Gasteiger partial charge in [-0.05, 0) is 81.5 Å². The summed E-state index contributed by atoms with van der Waals surface area (Å²) in [5.41, 5.74) is 0. The standard InChI is InChI=1S/C27H26P2.2C10H19.Pt/c1-5-14-24(15-6-1)28(25-16-7-2-8-17-25)22-13-23-29(26-18-9-3-10-19-26)27-20-11-4-12-21-27;2*1-3-5-7-9-10-8-6-4-2;/h1-12,14-21H,13,22-23H2;2*3H,1-2,4-10H2;/q;2*-1;+2. The van der Waals surface area contributed by atoms with Crippen LogP contribution < -0.4 is 21.2 Å². The van der Waals surface area contributed by atoms with Crippen molar-refractivity contribution in [1.29, 1.82) is 0 Å². The van der Waals surface area contributed by atoms with E-state index in [-0.39, 0.29) is 36.9 Å². The van der Waals surface area contributed by atoms with E-state index in [1.807, 2.05) is 12.2 Å². The van der Waals surface area contributed by atoms with E-state index in [0.717, 1.165) is 12.8 Å². The second-order valence-corrected chi connectivity index (χ2v) is 17.1. The number of hydrogen-bond acceptors (Lipinski definition) is 0. The number of benzene rings is 4. The van der Waals surface area contributed by atoms with Crippen LogP contribution in [0.4, 0.5) is 0 Å². The third-order valence-electron chi connectivity index (χ3n) is 8.35. The Labute approximate surface area is 325 Å². The molecule has 3 heteroatoms. The predicted octanol–water partition coefficient (Wildman–Crippen LogP) is 13.1. The Morgan fingerprint density at radius 2 is 0.640 bits per heavy atom. The molecule has 0 atom stereocenters. The monoisotopic (exact) mass is 885 g/mol. The molecular weight excluding hydrogens is 822 g/mol. The molecule has 0 radical (unpaired) electrons. The molecule has 0 nitrogen and oxygen atoms in total. The van der Waals surface area contributed by atoms with E-state index in [1.54, 1.807) is 0 Å². The minimum absolute atomic E-state index is 0. The molecule has 4 aromatic rings. The van der Waals surface area contributed by atoms with Gasteiger partial charge in [-0.2, -0.15) is 12.8 Å². The molecule has 0 saturated carbocycles. The second kappa shape index (κ2) is 32.8. The van der Waals surface area contributed by atoms with E-state index in [9.17, 15) is 0 Å². The summed E-state index contributed by atoms with van der Waals surface area (Å²) in [4.78, 5) is 0. The Balaban J connectivity index is 0.000000493. The summed E-state index contributed by atoms with van der Waals surface area (Å²) < 4.78 is 0. The summed E-state index contributed by atoms with van der Waals surface area (Å²) in [6.45, 7) is 15.0. The van der Waals surface area contributed by atoms with E-state index >= 15 is 0 Å². The van der Waals surface area contributed by atoms with Gasteiger partial charge in [-0.15, -0.1) is 13.2 Å². The molecule has 50 heavy (non-hydrogen) atoms. The molecule has 272 valence electrons. The predicted molar refractivity (Wildman–Crippen MR) is 228 cm³/mol. The maximum Gasteiger partial charge on any atom is 2.00 e. The van der Waals surface area contributed by atoms with Crippen molar-refractivity contribution in [3.63, 3.8) is 0 Å². The van der Waals surface area contributed by atoms with Crippen LogP contribution >= 0.6 is 15.8 Å². The Bertz CT molecular complexity index is 1110. The van der Waals surface area contributed by atoms with Crippen LogP contribution in [0.25, 0.3) is 0 Å². The van der Waals surface area contributed by atoms with Gasteiger partial charge in [0.2, 0.25) is 0 Å². The van der Waals surface area contributed by atoms with Crippen molar-refractivity contribution in [2.45, 2.75) is 96.3 Å².